The summed E-state index contributed by atoms with van der Waals surface area (Å²) in [5.74, 6) is 0.991. The number of ether oxygens (including phenoxy) is 4. The van der Waals surface area contributed by atoms with Crippen molar-refractivity contribution in [3.63, 3.8) is 0 Å². The first-order valence-corrected chi connectivity index (χ1v) is 16.5. The Balaban J connectivity index is 5.38. The molecule has 0 aliphatic rings. The van der Waals surface area contributed by atoms with Crippen LogP contribution in [0.25, 0.3) is 0 Å². The minimum Gasteiger partial charge on any atom is -0.466 e. The average Bonchev–Trinajstić information content (AvgIpc) is 2.84. The zero-order valence-corrected chi connectivity index (χ0v) is 23.9. The van der Waals surface area contributed by atoms with Crippen molar-refractivity contribution in [3.8, 4) is 0 Å². The zero-order valence-electron chi connectivity index (χ0n) is 20.6. The van der Waals surface area contributed by atoms with Crippen LogP contribution in [0.2, 0.25) is 0 Å². The molecule has 0 heterocycles. The Morgan fingerprint density at radius 3 is 1.12 bits per heavy atom. The van der Waals surface area contributed by atoms with Crippen molar-refractivity contribution < 1.29 is 38.1 Å². The third kappa shape index (κ3) is 17.7. The van der Waals surface area contributed by atoms with Gasteiger partial charge in [0.05, 0.1) is 37.7 Å². The second-order valence-electron chi connectivity index (χ2n) is 7.42. The van der Waals surface area contributed by atoms with E-state index in [1.165, 1.54) is 35.3 Å². The Bertz CT molecular complexity index is 544. The van der Waals surface area contributed by atoms with E-state index in [0.717, 1.165) is 0 Å². The van der Waals surface area contributed by atoms with Gasteiger partial charge in [0.2, 0.25) is 0 Å². The molecule has 0 rings (SSSR count). The summed E-state index contributed by atoms with van der Waals surface area (Å²) in [5.41, 5.74) is -1.02. The van der Waals surface area contributed by atoms with Crippen LogP contribution in [-0.4, -0.2) is 98.3 Å². The molecule has 0 fully saturated rings. The van der Waals surface area contributed by atoms with Crippen LogP contribution in [0.3, 0.4) is 0 Å². The Hall–Kier alpha value is -0.720. The predicted octanol–water partition coefficient (Wildman–Crippen LogP) is 3.55. The van der Waals surface area contributed by atoms with Gasteiger partial charge in [0, 0.05) is 23.0 Å². The van der Waals surface area contributed by atoms with Crippen molar-refractivity contribution in [1.82, 2.24) is 0 Å². The van der Waals surface area contributed by atoms with Crippen LogP contribution >= 0.6 is 47.0 Å². The molecule has 0 unspecified atom stereocenters. The smallest absolute Gasteiger partial charge is 0.306 e. The standard InChI is InChI=1S/C22H38O8S4/c1-31-11-5-18(23)27-10-9-22(15-28-19(24)6-12-32-2,16-29-20(25)7-13-33-3)17-30-21(26)8-14-34-4/h5-17H2,1-4H3. The van der Waals surface area contributed by atoms with Gasteiger partial charge in [-0.15, -0.1) is 0 Å². The summed E-state index contributed by atoms with van der Waals surface area (Å²) in [6.45, 7) is -0.323. The van der Waals surface area contributed by atoms with Crippen molar-refractivity contribution in [2.45, 2.75) is 32.1 Å². The Labute approximate surface area is 220 Å². The highest BCUT2D eigenvalue weighted by Gasteiger charge is 2.36. The van der Waals surface area contributed by atoms with Gasteiger partial charge in [-0.05, 0) is 31.4 Å². The molecule has 0 radical (unpaired) electrons. The first-order valence-electron chi connectivity index (χ1n) is 10.9. The summed E-state index contributed by atoms with van der Waals surface area (Å²) in [5, 5.41) is 0. The van der Waals surface area contributed by atoms with Crippen LogP contribution in [0.5, 0.6) is 0 Å². The molecule has 0 amide bonds. The van der Waals surface area contributed by atoms with Crippen molar-refractivity contribution >= 4 is 70.9 Å². The Morgan fingerprint density at radius 2 is 0.824 bits per heavy atom. The summed E-state index contributed by atoms with van der Waals surface area (Å²) in [4.78, 5) is 48.4. The van der Waals surface area contributed by atoms with Gasteiger partial charge in [0.15, 0.2) is 0 Å². The number of hydrogen-bond donors (Lipinski definition) is 0. The van der Waals surface area contributed by atoms with E-state index in [1.54, 1.807) is 11.8 Å². The second-order valence-corrected chi connectivity index (χ2v) is 11.4. The quantitative estimate of drug-likeness (QED) is 0.152. The predicted molar refractivity (Wildman–Crippen MR) is 143 cm³/mol. The summed E-state index contributed by atoms with van der Waals surface area (Å²) in [6.07, 6.45) is 8.79. The lowest BCUT2D eigenvalue weighted by molar-refractivity contribution is -0.165. The molecular weight excluding hydrogens is 521 g/mol. The maximum atomic E-state index is 12.2. The van der Waals surface area contributed by atoms with Gasteiger partial charge in [-0.1, -0.05) is 0 Å². The third-order valence-corrected chi connectivity index (χ3v) is 7.00. The summed E-state index contributed by atoms with van der Waals surface area (Å²) >= 11 is 6.13. The van der Waals surface area contributed by atoms with Crippen LogP contribution in [0.4, 0.5) is 0 Å². The molecule has 0 aliphatic heterocycles. The minimum atomic E-state index is -1.02. The largest absolute Gasteiger partial charge is 0.466 e. The summed E-state index contributed by atoms with van der Waals surface area (Å²) in [6, 6.07) is 0. The molecule has 0 N–H and O–H groups in total. The lowest BCUT2D eigenvalue weighted by atomic mass is 9.87. The van der Waals surface area contributed by atoms with Crippen molar-refractivity contribution in [2.24, 2.45) is 5.41 Å². The van der Waals surface area contributed by atoms with E-state index >= 15 is 0 Å². The number of esters is 4. The monoisotopic (exact) mass is 558 g/mol. The number of carbonyl (C=O) groups excluding carboxylic acids is 4. The molecule has 34 heavy (non-hydrogen) atoms. The molecule has 12 heteroatoms. The molecule has 0 aliphatic carbocycles. The molecule has 0 bridgehead atoms. The van der Waals surface area contributed by atoms with E-state index in [1.807, 2.05) is 25.0 Å². The lowest BCUT2D eigenvalue weighted by Gasteiger charge is -2.32. The van der Waals surface area contributed by atoms with Gasteiger partial charge < -0.3 is 18.9 Å². The van der Waals surface area contributed by atoms with Crippen molar-refractivity contribution in [3.05, 3.63) is 0 Å². The van der Waals surface area contributed by atoms with Gasteiger partial charge in [-0.3, -0.25) is 19.2 Å². The molecule has 0 saturated heterocycles. The average molecular weight is 559 g/mol. The highest BCUT2D eigenvalue weighted by Crippen LogP contribution is 2.26. The van der Waals surface area contributed by atoms with Crippen molar-refractivity contribution in [1.29, 1.82) is 0 Å². The van der Waals surface area contributed by atoms with Crippen LogP contribution in [0.15, 0.2) is 0 Å². The topological polar surface area (TPSA) is 105 Å². The Morgan fingerprint density at radius 1 is 0.529 bits per heavy atom. The fourth-order valence-corrected chi connectivity index (χ4v) is 3.94. The van der Waals surface area contributed by atoms with Crippen LogP contribution in [0.1, 0.15) is 32.1 Å². The van der Waals surface area contributed by atoms with Gasteiger partial charge in [-0.25, -0.2) is 0 Å². The first-order chi connectivity index (χ1) is 16.3. The molecule has 0 aromatic carbocycles. The fourth-order valence-electron chi connectivity index (χ4n) is 2.45. The second kappa shape index (κ2) is 21.6. The molecule has 0 spiro atoms. The van der Waals surface area contributed by atoms with E-state index in [2.05, 4.69) is 0 Å². The fraction of sp³-hybridized carbons (Fsp3) is 0.818. The van der Waals surface area contributed by atoms with E-state index in [0.29, 0.717) is 23.0 Å². The number of thioether (sulfide) groups is 4. The highest BCUT2D eigenvalue weighted by molar-refractivity contribution is 7.99. The first kappa shape index (κ1) is 33.3. The molecular formula is C22H38O8S4. The summed E-state index contributed by atoms with van der Waals surface area (Å²) in [7, 11) is 0. The number of hydrogen-bond acceptors (Lipinski definition) is 12. The minimum absolute atomic E-state index is 0.0281. The zero-order chi connectivity index (χ0) is 25.7. The molecule has 0 atom stereocenters. The third-order valence-electron chi connectivity index (χ3n) is 4.55. The van der Waals surface area contributed by atoms with E-state index in [9.17, 15) is 19.2 Å². The molecule has 0 aromatic heterocycles. The normalized spacial score (nSPS) is 11.1. The highest BCUT2D eigenvalue weighted by atomic mass is 32.2. The van der Waals surface area contributed by atoms with E-state index in [4.69, 9.17) is 18.9 Å². The molecule has 0 aromatic rings. The van der Waals surface area contributed by atoms with Crippen LogP contribution in [-0.2, 0) is 38.1 Å². The summed E-state index contributed by atoms with van der Waals surface area (Å²) < 4.78 is 21.7. The van der Waals surface area contributed by atoms with Gasteiger partial charge >= 0.3 is 23.9 Å². The molecule has 0 saturated carbocycles. The molecule has 198 valence electrons. The Kier molecular flexibility index (Phi) is 21.1. The molecule has 8 nitrogen and oxygen atoms in total. The van der Waals surface area contributed by atoms with Gasteiger partial charge in [0.25, 0.3) is 0 Å². The van der Waals surface area contributed by atoms with E-state index in [-0.39, 0.29) is 64.5 Å². The van der Waals surface area contributed by atoms with E-state index < -0.39 is 23.3 Å². The number of carbonyl (C=O) groups is 4. The number of rotatable bonds is 21. The van der Waals surface area contributed by atoms with Crippen molar-refractivity contribution in [2.75, 3.05) is 74.5 Å². The van der Waals surface area contributed by atoms with Gasteiger partial charge in [0.1, 0.15) is 19.8 Å². The lowest BCUT2D eigenvalue weighted by Crippen LogP contribution is -2.41. The maximum Gasteiger partial charge on any atom is 0.306 e. The van der Waals surface area contributed by atoms with Crippen LogP contribution < -0.4 is 0 Å². The SMILES string of the molecule is CSCCC(=O)OCCC(COC(=O)CCSC)(COC(=O)CCSC)COC(=O)CCSC. The van der Waals surface area contributed by atoms with Crippen LogP contribution in [0, 0.1) is 5.41 Å². The van der Waals surface area contributed by atoms with Gasteiger partial charge in [-0.2, -0.15) is 47.0 Å². The maximum absolute atomic E-state index is 12.2.